The van der Waals surface area contributed by atoms with Gasteiger partial charge in [-0.1, -0.05) is 84.9 Å². The predicted molar refractivity (Wildman–Crippen MR) is 136 cm³/mol. The van der Waals surface area contributed by atoms with Crippen molar-refractivity contribution in [2.45, 2.75) is 0 Å². The Hall–Kier alpha value is -4.30. The summed E-state index contributed by atoms with van der Waals surface area (Å²) >= 11 is 0. The van der Waals surface area contributed by atoms with E-state index in [1.54, 1.807) is 0 Å². The van der Waals surface area contributed by atoms with Gasteiger partial charge in [0, 0.05) is 38.3 Å². The van der Waals surface area contributed by atoms with Crippen LogP contribution < -0.4 is 0 Å². The first-order chi connectivity index (χ1) is 15.9. The Balaban J connectivity index is 1.79. The molecule has 150 valence electrons. The Morgan fingerprint density at radius 3 is 2.03 bits per heavy atom. The molecule has 0 spiro atoms. The standard InChI is InChI=1S/C30H20N2/c1-3-11-20(12-4-1)24-19-25-22-15-8-10-18-27(22)32(21-13-5-2-6-14-21)30(25)28-23-16-7-9-17-26(23)31-29(24)28/h1-19,31H. The maximum absolute atomic E-state index is 3.75. The molecule has 0 radical (unpaired) electrons. The van der Waals surface area contributed by atoms with E-state index in [-0.39, 0.29) is 0 Å². The van der Waals surface area contributed by atoms with Crippen LogP contribution in [-0.4, -0.2) is 9.55 Å². The van der Waals surface area contributed by atoms with Crippen LogP contribution in [-0.2, 0) is 0 Å². The van der Waals surface area contributed by atoms with Gasteiger partial charge in [0.1, 0.15) is 0 Å². The van der Waals surface area contributed by atoms with Crippen molar-refractivity contribution in [1.82, 2.24) is 9.55 Å². The molecule has 0 aliphatic carbocycles. The molecule has 0 aliphatic heterocycles. The molecule has 32 heavy (non-hydrogen) atoms. The van der Waals surface area contributed by atoms with Gasteiger partial charge in [0.05, 0.1) is 16.6 Å². The van der Waals surface area contributed by atoms with Crippen LogP contribution >= 0.6 is 0 Å². The molecule has 0 bridgehead atoms. The summed E-state index contributed by atoms with van der Waals surface area (Å²) in [5.41, 5.74) is 8.47. The number of hydrogen-bond acceptors (Lipinski definition) is 0. The van der Waals surface area contributed by atoms with Crippen molar-refractivity contribution < 1.29 is 0 Å². The number of aromatic amines is 1. The minimum absolute atomic E-state index is 1.16. The van der Waals surface area contributed by atoms with E-state index in [4.69, 9.17) is 0 Å². The van der Waals surface area contributed by atoms with E-state index in [2.05, 4.69) is 125 Å². The van der Waals surface area contributed by atoms with E-state index in [0.29, 0.717) is 0 Å². The third-order valence-corrected chi connectivity index (χ3v) is 6.51. The van der Waals surface area contributed by atoms with Gasteiger partial charge >= 0.3 is 0 Å². The number of benzene rings is 5. The fourth-order valence-electron chi connectivity index (χ4n) is 5.15. The molecule has 0 amide bonds. The summed E-state index contributed by atoms with van der Waals surface area (Å²) in [6.07, 6.45) is 0. The number of H-pyrrole nitrogens is 1. The second kappa shape index (κ2) is 6.60. The summed E-state index contributed by atoms with van der Waals surface area (Å²) in [5, 5.41) is 5.08. The summed E-state index contributed by atoms with van der Waals surface area (Å²) in [6, 6.07) is 41.1. The van der Waals surface area contributed by atoms with Crippen LogP contribution in [0.3, 0.4) is 0 Å². The molecule has 2 heterocycles. The molecule has 0 saturated carbocycles. The minimum Gasteiger partial charge on any atom is -0.354 e. The molecule has 7 aromatic rings. The van der Waals surface area contributed by atoms with E-state index in [9.17, 15) is 0 Å². The van der Waals surface area contributed by atoms with Crippen molar-refractivity contribution in [1.29, 1.82) is 0 Å². The average molecular weight is 409 g/mol. The molecule has 5 aromatic carbocycles. The lowest BCUT2D eigenvalue weighted by Gasteiger charge is -2.11. The fourth-order valence-corrected chi connectivity index (χ4v) is 5.15. The Kier molecular flexibility index (Phi) is 3.58. The van der Waals surface area contributed by atoms with Gasteiger partial charge < -0.3 is 9.55 Å². The quantitative estimate of drug-likeness (QED) is 0.298. The molecule has 2 aromatic heterocycles. The Bertz CT molecular complexity index is 1750. The molecule has 0 unspecified atom stereocenters. The smallest absolute Gasteiger partial charge is 0.0641 e. The zero-order valence-electron chi connectivity index (χ0n) is 17.4. The van der Waals surface area contributed by atoms with Crippen molar-refractivity contribution in [3.8, 4) is 16.8 Å². The zero-order valence-corrected chi connectivity index (χ0v) is 17.4. The lowest BCUT2D eigenvalue weighted by atomic mass is 9.98. The minimum atomic E-state index is 1.16. The summed E-state index contributed by atoms with van der Waals surface area (Å²) in [5.74, 6) is 0. The van der Waals surface area contributed by atoms with Crippen LogP contribution in [0.5, 0.6) is 0 Å². The summed E-state index contributed by atoms with van der Waals surface area (Å²) in [7, 11) is 0. The third-order valence-electron chi connectivity index (χ3n) is 6.51. The highest BCUT2D eigenvalue weighted by Gasteiger charge is 2.20. The Morgan fingerprint density at radius 1 is 0.562 bits per heavy atom. The maximum Gasteiger partial charge on any atom is 0.0641 e. The number of para-hydroxylation sites is 3. The van der Waals surface area contributed by atoms with Crippen molar-refractivity contribution in [3.05, 3.63) is 115 Å². The molecular weight excluding hydrogens is 388 g/mol. The molecule has 2 nitrogen and oxygen atoms in total. The van der Waals surface area contributed by atoms with Crippen LogP contribution in [0.2, 0.25) is 0 Å². The number of nitrogens with zero attached hydrogens (tertiary/aromatic N) is 1. The van der Waals surface area contributed by atoms with Gasteiger partial charge in [-0.05, 0) is 35.9 Å². The lowest BCUT2D eigenvalue weighted by molar-refractivity contribution is 1.19. The van der Waals surface area contributed by atoms with Gasteiger partial charge in [0.25, 0.3) is 0 Å². The maximum atomic E-state index is 3.75. The van der Waals surface area contributed by atoms with E-state index >= 15 is 0 Å². The molecule has 0 saturated heterocycles. The van der Waals surface area contributed by atoms with E-state index in [1.807, 2.05) is 0 Å². The second-order valence-electron chi connectivity index (χ2n) is 8.30. The summed E-state index contributed by atoms with van der Waals surface area (Å²) in [6.45, 7) is 0. The molecule has 7 rings (SSSR count). The van der Waals surface area contributed by atoms with Gasteiger partial charge in [0.2, 0.25) is 0 Å². The first-order valence-electron chi connectivity index (χ1n) is 11.0. The van der Waals surface area contributed by atoms with Gasteiger partial charge in [-0.2, -0.15) is 0 Å². The van der Waals surface area contributed by atoms with Crippen molar-refractivity contribution >= 4 is 43.6 Å². The summed E-state index contributed by atoms with van der Waals surface area (Å²) < 4.78 is 2.42. The molecular formula is C30H20N2. The molecule has 0 atom stereocenters. The Morgan fingerprint density at radius 2 is 1.22 bits per heavy atom. The van der Waals surface area contributed by atoms with Crippen LogP contribution in [0.4, 0.5) is 0 Å². The normalized spacial score (nSPS) is 11.8. The van der Waals surface area contributed by atoms with Gasteiger partial charge in [-0.15, -0.1) is 0 Å². The third kappa shape index (κ3) is 2.35. The fraction of sp³-hybridized carbons (Fsp3) is 0. The highest BCUT2D eigenvalue weighted by molar-refractivity contribution is 6.28. The van der Waals surface area contributed by atoms with Crippen molar-refractivity contribution in [3.63, 3.8) is 0 Å². The number of nitrogens with one attached hydrogen (secondary N) is 1. The van der Waals surface area contributed by atoms with E-state index < -0.39 is 0 Å². The van der Waals surface area contributed by atoms with Gasteiger partial charge in [0.15, 0.2) is 0 Å². The second-order valence-corrected chi connectivity index (χ2v) is 8.30. The highest BCUT2D eigenvalue weighted by atomic mass is 15.0. The Labute approximate surface area is 185 Å². The summed E-state index contributed by atoms with van der Waals surface area (Å²) in [4.78, 5) is 3.75. The number of hydrogen-bond donors (Lipinski definition) is 1. The van der Waals surface area contributed by atoms with E-state index in [1.165, 1.54) is 54.9 Å². The van der Waals surface area contributed by atoms with Crippen molar-refractivity contribution in [2.24, 2.45) is 0 Å². The topological polar surface area (TPSA) is 20.7 Å². The molecule has 0 aliphatic rings. The highest BCUT2D eigenvalue weighted by Crippen LogP contribution is 2.43. The van der Waals surface area contributed by atoms with Gasteiger partial charge in [-0.3, -0.25) is 0 Å². The van der Waals surface area contributed by atoms with Crippen molar-refractivity contribution in [2.75, 3.05) is 0 Å². The first-order valence-corrected chi connectivity index (χ1v) is 11.0. The first kappa shape index (κ1) is 17.4. The van der Waals surface area contributed by atoms with Crippen LogP contribution in [0, 0.1) is 0 Å². The predicted octanol–water partition coefficient (Wildman–Crippen LogP) is 8.09. The molecule has 1 N–H and O–H groups in total. The van der Waals surface area contributed by atoms with Gasteiger partial charge in [-0.25, -0.2) is 0 Å². The lowest BCUT2D eigenvalue weighted by Crippen LogP contribution is -1.94. The monoisotopic (exact) mass is 408 g/mol. The van der Waals surface area contributed by atoms with E-state index in [0.717, 1.165) is 5.52 Å². The number of rotatable bonds is 2. The zero-order chi connectivity index (χ0) is 21.1. The largest absolute Gasteiger partial charge is 0.354 e. The molecule has 2 heteroatoms. The SMILES string of the molecule is c1ccc(-c2cc3c4ccccc4n(-c4ccccc4)c3c3c2[nH]c2ccccc23)cc1. The van der Waals surface area contributed by atoms with Crippen LogP contribution in [0.1, 0.15) is 0 Å². The number of aromatic nitrogens is 2. The van der Waals surface area contributed by atoms with Crippen LogP contribution in [0.25, 0.3) is 60.4 Å². The average Bonchev–Trinajstić information content (AvgIpc) is 3.40. The number of fused-ring (bicyclic) bond motifs is 7. The van der Waals surface area contributed by atoms with Crippen LogP contribution in [0.15, 0.2) is 115 Å². The molecule has 0 fully saturated rings.